The summed E-state index contributed by atoms with van der Waals surface area (Å²) in [5.74, 6) is 1.22. The summed E-state index contributed by atoms with van der Waals surface area (Å²) in [7, 11) is -3.56. The molecule has 1 heterocycles. The highest BCUT2D eigenvalue weighted by molar-refractivity contribution is 7.89. The van der Waals surface area contributed by atoms with Gasteiger partial charge in [0.15, 0.2) is 0 Å². The molecule has 1 saturated carbocycles. The summed E-state index contributed by atoms with van der Waals surface area (Å²) in [6.07, 6.45) is 4.59. The number of benzene rings is 2. The van der Waals surface area contributed by atoms with Crippen LogP contribution in [-0.2, 0) is 15.4 Å². The molecule has 3 aliphatic carbocycles. The topological polar surface area (TPSA) is 73.0 Å². The number of anilines is 1. The van der Waals surface area contributed by atoms with E-state index in [4.69, 9.17) is 23.2 Å². The smallest absolute Gasteiger partial charge is 0.319 e. The van der Waals surface area contributed by atoms with Crippen molar-refractivity contribution < 1.29 is 13.2 Å². The second-order valence-electron chi connectivity index (χ2n) is 13.8. The standard InChI is InChI=1S/C33H44Cl2N4O3S/c1-32(2,3)24-8-11-27(12-9-24)43(41,42)39-18-15-37(16-19-39)14-17-38(22-23-6-7-25-20-28(23)33(25,4)5)31(40)36-26-10-13-29(34)30(35)21-26/h6,8-13,21,25,28H,7,14-20,22H2,1-5H3,(H,36,40). The number of hydrogen-bond donors (Lipinski definition) is 1. The molecule has 6 rings (SSSR count). The van der Waals surface area contributed by atoms with Crippen molar-refractivity contribution in [3.8, 4) is 0 Å². The quantitative estimate of drug-likeness (QED) is 0.310. The van der Waals surface area contributed by atoms with Gasteiger partial charge < -0.3 is 10.2 Å². The molecule has 7 nitrogen and oxygen atoms in total. The number of allylic oxidation sites excluding steroid dienone is 1. The lowest BCUT2D eigenvalue weighted by Crippen LogP contribution is -2.52. The number of piperazine rings is 1. The maximum Gasteiger partial charge on any atom is 0.322 e. The van der Waals surface area contributed by atoms with Gasteiger partial charge in [0.05, 0.1) is 14.9 Å². The molecule has 0 spiro atoms. The predicted octanol–water partition coefficient (Wildman–Crippen LogP) is 7.12. The number of sulfonamides is 1. The van der Waals surface area contributed by atoms with Crippen LogP contribution in [0.25, 0.3) is 0 Å². The van der Waals surface area contributed by atoms with Gasteiger partial charge in [0.25, 0.3) is 0 Å². The first-order valence-electron chi connectivity index (χ1n) is 15.2. The second kappa shape index (κ2) is 12.4. The number of nitrogens with zero attached hydrogens (tertiary/aromatic N) is 3. The number of urea groups is 1. The molecule has 0 radical (unpaired) electrons. The van der Waals surface area contributed by atoms with Gasteiger partial charge in [-0.25, -0.2) is 13.2 Å². The number of halogens is 2. The van der Waals surface area contributed by atoms with Crippen LogP contribution in [-0.4, -0.2) is 74.4 Å². The van der Waals surface area contributed by atoms with E-state index in [1.54, 1.807) is 34.6 Å². The van der Waals surface area contributed by atoms with Crippen molar-refractivity contribution in [2.45, 2.75) is 57.8 Å². The first-order valence-corrected chi connectivity index (χ1v) is 17.4. The highest BCUT2D eigenvalue weighted by atomic mass is 35.5. The fourth-order valence-corrected chi connectivity index (χ4v) is 8.36. The molecular formula is C33H44Cl2N4O3S. The Balaban J connectivity index is 1.22. The van der Waals surface area contributed by atoms with Gasteiger partial charge in [0, 0.05) is 51.5 Å². The highest BCUT2D eigenvalue weighted by Gasteiger charge is 2.51. The Hall–Kier alpha value is -2.10. The van der Waals surface area contributed by atoms with Gasteiger partial charge in [0.2, 0.25) is 10.0 Å². The number of carbonyl (C=O) groups is 1. The van der Waals surface area contributed by atoms with Crippen molar-refractivity contribution in [2.24, 2.45) is 17.3 Å². The van der Waals surface area contributed by atoms with E-state index in [1.165, 1.54) is 12.0 Å². The number of amides is 2. The zero-order valence-corrected chi connectivity index (χ0v) is 28.2. The van der Waals surface area contributed by atoms with Crippen LogP contribution in [0.1, 0.15) is 53.0 Å². The van der Waals surface area contributed by atoms with Crippen molar-refractivity contribution in [3.05, 3.63) is 69.7 Å². The first-order chi connectivity index (χ1) is 20.2. The van der Waals surface area contributed by atoms with Gasteiger partial charge in [-0.3, -0.25) is 4.90 Å². The van der Waals surface area contributed by atoms with Crippen LogP contribution in [0.3, 0.4) is 0 Å². The number of nitrogens with one attached hydrogen (secondary N) is 1. The zero-order chi connectivity index (χ0) is 31.2. The van der Waals surface area contributed by atoms with E-state index in [1.807, 2.05) is 17.0 Å². The summed E-state index contributed by atoms with van der Waals surface area (Å²) in [6, 6.07) is 12.2. The molecule has 10 heteroatoms. The molecule has 4 aliphatic rings. The number of carbonyl (C=O) groups excluding carboxylic acids is 1. The summed E-state index contributed by atoms with van der Waals surface area (Å²) >= 11 is 12.3. The van der Waals surface area contributed by atoms with E-state index < -0.39 is 10.0 Å². The molecule has 234 valence electrons. The average molecular weight is 648 g/mol. The largest absolute Gasteiger partial charge is 0.322 e. The maximum absolute atomic E-state index is 13.6. The molecule has 2 fully saturated rings. The fourth-order valence-electron chi connectivity index (χ4n) is 6.64. The minimum absolute atomic E-state index is 0.0371. The summed E-state index contributed by atoms with van der Waals surface area (Å²) in [4.78, 5) is 18.0. The van der Waals surface area contributed by atoms with Crippen molar-refractivity contribution in [3.63, 3.8) is 0 Å². The third kappa shape index (κ3) is 6.94. The summed E-state index contributed by atoms with van der Waals surface area (Å²) in [5, 5.41) is 3.83. The molecule has 2 unspecified atom stereocenters. The minimum Gasteiger partial charge on any atom is -0.319 e. The average Bonchev–Trinajstić information content (AvgIpc) is 2.97. The molecule has 1 N–H and O–H groups in total. The van der Waals surface area contributed by atoms with E-state index >= 15 is 0 Å². The Morgan fingerprint density at radius 3 is 2.28 bits per heavy atom. The van der Waals surface area contributed by atoms with E-state index in [0.717, 1.165) is 17.9 Å². The van der Waals surface area contributed by atoms with E-state index in [2.05, 4.69) is 50.9 Å². The Kier molecular flexibility index (Phi) is 9.28. The molecule has 2 aromatic rings. The Morgan fingerprint density at radius 2 is 1.70 bits per heavy atom. The van der Waals surface area contributed by atoms with E-state index in [0.29, 0.717) is 72.4 Å². The van der Waals surface area contributed by atoms with Crippen molar-refractivity contribution >= 4 is 44.9 Å². The zero-order valence-electron chi connectivity index (χ0n) is 25.9. The Labute approximate surface area is 267 Å². The lowest BCUT2D eigenvalue weighted by Gasteiger charge is -2.57. The van der Waals surface area contributed by atoms with Crippen LogP contribution >= 0.6 is 23.2 Å². The van der Waals surface area contributed by atoms with Gasteiger partial charge in [0.1, 0.15) is 0 Å². The number of fused-ring (bicyclic) bond motifs is 1. The van der Waals surface area contributed by atoms with Gasteiger partial charge >= 0.3 is 6.03 Å². The molecule has 2 bridgehead atoms. The molecular weight excluding hydrogens is 603 g/mol. The van der Waals surface area contributed by atoms with Crippen LogP contribution in [0.15, 0.2) is 59.0 Å². The maximum atomic E-state index is 13.6. The minimum atomic E-state index is -3.56. The van der Waals surface area contributed by atoms with Gasteiger partial charge in [-0.1, -0.05) is 81.6 Å². The van der Waals surface area contributed by atoms with Crippen molar-refractivity contribution in [1.82, 2.24) is 14.1 Å². The summed E-state index contributed by atoms with van der Waals surface area (Å²) < 4.78 is 28.3. The Morgan fingerprint density at radius 1 is 1.02 bits per heavy atom. The van der Waals surface area contributed by atoms with Gasteiger partial charge in [-0.2, -0.15) is 4.31 Å². The van der Waals surface area contributed by atoms with E-state index in [9.17, 15) is 13.2 Å². The summed E-state index contributed by atoms with van der Waals surface area (Å²) in [6.45, 7) is 14.8. The molecule has 2 atom stereocenters. The van der Waals surface area contributed by atoms with Crippen LogP contribution in [0.4, 0.5) is 10.5 Å². The second-order valence-corrected chi connectivity index (χ2v) is 16.6. The third-order valence-corrected chi connectivity index (χ3v) is 12.4. The van der Waals surface area contributed by atoms with Gasteiger partial charge in [-0.05, 0) is 71.4 Å². The van der Waals surface area contributed by atoms with Gasteiger partial charge in [-0.15, -0.1) is 0 Å². The molecule has 2 amide bonds. The molecule has 0 aromatic heterocycles. The highest BCUT2D eigenvalue weighted by Crippen LogP contribution is 2.59. The molecule has 43 heavy (non-hydrogen) atoms. The normalized spacial score (nSPS) is 22.4. The lowest BCUT2D eigenvalue weighted by atomic mass is 9.49. The molecule has 1 saturated heterocycles. The SMILES string of the molecule is CC(C)(C)c1ccc(S(=O)(=O)N2CCN(CCN(CC3=CCC4CC3C4(C)C)C(=O)Nc3ccc(Cl)c(Cl)c3)CC2)cc1. The van der Waals surface area contributed by atoms with E-state index in [-0.39, 0.29) is 16.9 Å². The fraction of sp³-hybridized carbons (Fsp3) is 0.545. The number of hydrogen-bond acceptors (Lipinski definition) is 4. The van der Waals surface area contributed by atoms with Crippen molar-refractivity contribution in [2.75, 3.05) is 51.1 Å². The number of rotatable bonds is 8. The summed E-state index contributed by atoms with van der Waals surface area (Å²) in [5.41, 5.74) is 3.27. The Bertz CT molecular complexity index is 1480. The molecule has 2 aromatic carbocycles. The van der Waals surface area contributed by atoms with Crippen LogP contribution in [0.2, 0.25) is 10.0 Å². The first kappa shape index (κ1) is 32.3. The molecule has 1 aliphatic heterocycles. The predicted molar refractivity (Wildman–Crippen MR) is 175 cm³/mol. The monoisotopic (exact) mass is 646 g/mol. The van der Waals surface area contributed by atoms with Crippen LogP contribution in [0.5, 0.6) is 0 Å². The third-order valence-electron chi connectivity index (χ3n) is 9.79. The lowest BCUT2D eigenvalue weighted by molar-refractivity contribution is -0.00967. The van der Waals surface area contributed by atoms with Crippen molar-refractivity contribution in [1.29, 1.82) is 0 Å². The van der Waals surface area contributed by atoms with Crippen LogP contribution in [0, 0.1) is 17.3 Å². The van der Waals surface area contributed by atoms with Crippen LogP contribution < -0.4 is 5.32 Å².